The minimum atomic E-state index is -0.488. The number of hydrogen-bond donors (Lipinski definition) is 1. The van der Waals surface area contributed by atoms with E-state index in [1.54, 1.807) is 0 Å². The first kappa shape index (κ1) is 24.4. The van der Waals surface area contributed by atoms with Crippen molar-refractivity contribution in [1.29, 1.82) is 0 Å². The lowest BCUT2D eigenvalue weighted by molar-refractivity contribution is -0.118. The zero-order chi connectivity index (χ0) is 24.8. The Kier molecular flexibility index (Phi) is 7.73. The fourth-order valence-corrected chi connectivity index (χ4v) is 4.36. The van der Waals surface area contributed by atoms with Crippen LogP contribution < -0.4 is 10.2 Å². The maximum atomic E-state index is 13.0. The van der Waals surface area contributed by atoms with Crippen molar-refractivity contribution in [1.82, 2.24) is 4.90 Å². The van der Waals surface area contributed by atoms with Crippen molar-refractivity contribution in [2.45, 2.75) is 25.7 Å². The highest BCUT2D eigenvalue weighted by Crippen LogP contribution is 2.36. The first-order valence-corrected chi connectivity index (χ1v) is 12.1. The summed E-state index contributed by atoms with van der Waals surface area (Å²) in [4.78, 5) is 34.5. The van der Waals surface area contributed by atoms with Crippen LogP contribution in [0.25, 0.3) is 0 Å². The van der Waals surface area contributed by atoms with Crippen molar-refractivity contribution in [3.8, 4) is 0 Å². The predicted molar refractivity (Wildman–Crippen MR) is 143 cm³/mol. The normalized spacial score (nSPS) is 15.1. The van der Waals surface area contributed by atoms with Crippen molar-refractivity contribution in [3.05, 3.63) is 90.0 Å². The Labute approximate surface area is 207 Å². The molecule has 4 rings (SSSR count). The number of benzene rings is 3. The quantitative estimate of drug-likeness (QED) is 0.437. The Morgan fingerprint density at radius 3 is 2.29 bits per heavy atom. The summed E-state index contributed by atoms with van der Waals surface area (Å²) < 4.78 is 0. The third-order valence-corrected chi connectivity index (χ3v) is 6.14. The van der Waals surface area contributed by atoms with Crippen molar-refractivity contribution in [2.24, 2.45) is 4.99 Å². The standard InChI is InChI=1S/C29H32N4O2/c1-4-26(34)33(20-10-19-32(2)3)23-17-15-22(16-18-23)30-28(21-11-6-5-7-12-21)27-24-13-8-9-14-25(24)31-29(27)35/h5-9,11-18,27H,4,10,19-20H2,1-3H3,(H,31,35). The number of rotatable bonds is 9. The number of carbonyl (C=O) groups is 2. The zero-order valence-electron chi connectivity index (χ0n) is 20.6. The van der Waals surface area contributed by atoms with E-state index in [0.717, 1.165) is 41.2 Å². The van der Waals surface area contributed by atoms with E-state index >= 15 is 0 Å². The fraction of sp³-hybridized carbons (Fsp3) is 0.276. The van der Waals surface area contributed by atoms with Gasteiger partial charge in [-0.05, 0) is 68.5 Å². The predicted octanol–water partition coefficient (Wildman–Crippen LogP) is 5.24. The van der Waals surface area contributed by atoms with Crippen LogP contribution in [0.15, 0.2) is 83.9 Å². The highest BCUT2D eigenvalue weighted by Gasteiger charge is 2.35. The van der Waals surface area contributed by atoms with Gasteiger partial charge in [0.25, 0.3) is 0 Å². The molecule has 0 radical (unpaired) electrons. The lowest BCUT2D eigenvalue weighted by atomic mass is 9.90. The lowest BCUT2D eigenvalue weighted by Crippen LogP contribution is -2.32. The van der Waals surface area contributed by atoms with Gasteiger partial charge in [0.15, 0.2) is 0 Å². The molecule has 35 heavy (non-hydrogen) atoms. The monoisotopic (exact) mass is 468 g/mol. The van der Waals surface area contributed by atoms with Crippen LogP contribution in [-0.2, 0) is 9.59 Å². The SMILES string of the molecule is CCC(=O)N(CCCN(C)C)c1ccc(N=C(c2ccccc2)C2C(=O)Nc3ccccc32)cc1. The molecule has 0 fully saturated rings. The van der Waals surface area contributed by atoms with Crippen LogP contribution in [0.2, 0.25) is 0 Å². The first-order valence-electron chi connectivity index (χ1n) is 12.1. The summed E-state index contributed by atoms with van der Waals surface area (Å²) in [6.07, 6.45) is 1.35. The average molecular weight is 469 g/mol. The number of fused-ring (bicyclic) bond motifs is 1. The molecule has 1 heterocycles. The molecule has 0 bridgehead atoms. The summed E-state index contributed by atoms with van der Waals surface area (Å²) in [6, 6.07) is 25.3. The number of para-hydroxylation sites is 1. The second kappa shape index (κ2) is 11.1. The van der Waals surface area contributed by atoms with E-state index < -0.39 is 5.92 Å². The number of nitrogens with zero attached hydrogens (tertiary/aromatic N) is 3. The van der Waals surface area contributed by atoms with Crippen molar-refractivity contribution < 1.29 is 9.59 Å². The largest absolute Gasteiger partial charge is 0.325 e. The molecule has 1 aliphatic rings. The number of hydrogen-bond acceptors (Lipinski definition) is 4. The van der Waals surface area contributed by atoms with E-state index in [1.807, 2.05) is 105 Å². The number of amides is 2. The minimum Gasteiger partial charge on any atom is -0.325 e. The Morgan fingerprint density at radius 1 is 0.914 bits per heavy atom. The first-order chi connectivity index (χ1) is 17.0. The molecular weight excluding hydrogens is 436 g/mol. The molecule has 0 aromatic heterocycles. The Morgan fingerprint density at radius 2 is 1.60 bits per heavy atom. The van der Waals surface area contributed by atoms with E-state index in [9.17, 15) is 9.59 Å². The van der Waals surface area contributed by atoms with Crippen LogP contribution in [0.5, 0.6) is 0 Å². The molecule has 3 aromatic carbocycles. The highest BCUT2D eigenvalue weighted by molar-refractivity contribution is 6.24. The lowest BCUT2D eigenvalue weighted by Gasteiger charge is -2.23. The van der Waals surface area contributed by atoms with E-state index in [4.69, 9.17) is 4.99 Å². The Bertz CT molecular complexity index is 1200. The van der Waals surface area contributed by atoms with Crippen molar-refractivity contribution in [2.75, 3.05) is 37.4 Å². The molecule has 0 saturated carbocycles. The molecule has 2 amide bonds. The van der Waals surface area contributed by atoms with Crippen LogP contribution in [0.4, 0.5) is 17.1 Å². The second-order valence-electron chi connectivity index (χ2n) is 8.94. The summed E-state index contributed by atoms with van der Waals surface area (Å²) in [5.41, 5.74) is 4.96. The van der Waals surface area contributed by atoms with E-state index in [2.05, 4.69) is 10.2 Å². The summed E-state index contributed by atoms with van der Waals surface area (Å²) in [5.74, 6) is -0.465. The smallest absolute Gasteiger partial charge is 0.238 e. The minimum absolute atomic E-state index is 0.0777. The third kappa shape index (κ3) is 5.66. The molecule has 1 N–H and O–H groups in total. The van der Waals surface area contributed by atoms with Gasteiger partial charge in [0.2, 0.25) is 11.8 Å². The molecule has 3 aromatic rings. The van der Waals surface area contributed by atoms with Crippen molar-refractivity contribution >= 4 is 34.6 Å². The molecule has 1 unspecified atom stereocenters. The van der Waals surface area contributed by atoms with E-state index in [0.29, 0.717) is 18.7 Å². The van der Waals surface area contributed by atoms with Crippen molar-refractivity contribution in [3.63, 3.8) is 0 Å². The number of anilines is 2. The molecule has 6 nitrogen and oxygen atoms in total. The summed E-state index contributed by atoms with van der Waals surface area (Å²) >= 11 is 0. The van der Waals surface area contributed by atoms with Crippen LogP contribution in [-0.4, -0.2) is 49.6 Å². The van der Waals surface area contributed by atoms with Gasteiger partial charge in [-0.3, -0.25) is 14.6 Å². The van der Waals surface area contributed by atoms with Gasteiger partial charge in [-0.15, -0.1) is 0 Å². The Balaban J connectivity index is 1.67. The summed E-state index contributed by atoms with van der Waals surface area (Å²) in [7, 11) is 4.07. The van der Waals surface area contributed by atoms with E-state index in [1.165, 1.54) is 0 Å². The highest BCUT2D eigenvalue weighted by atomic mass is 16.2. The molecule has 0 spiro atoms. The van der Waals surface area contributed by atoms with Gasteiger partial charge in [0, 0.05) is 24.3 Å². The molecule has 180 valence electrons. The second-order valence-corrected chi connectivity index (χ2v) is 8.94. The van der Waals surface area contributed by atoms with E-state index in [-0.39, 0.29) is 11.8 Å². The summed E-state index contributed by atoms with van der Waals surface area (Å²) in [6.45, 7) is 3.47. The van der Waals surface area contributed by atoms with Gasteiger partial charge in [-0.2, -0.15) is 0 Å². The molecule has 0 saturated heterocycles. The van der Waals surface area contributed by atoms with Crippen LogP contribution in [0.3, 0.4) is 0 Å². The maximum Gasteiger partial charge on any atom is 0.238 e. The van der Waals surface area contributed by atoms with Gasteiger partial charge in [-0.1, -0.05) is 55.5 Å². The topological polar surface area (TPSA) is 65.0 Å². The van der Waals surface area contributed by atoms with Gasteiger partial charge in [0.1, 0.15) is 5.92 Å². The number of nitrogens with one attached hydrogen (secondary N) is 1. The van der Waals surface area contributed by atoms with Gasteiger partial charge in [0.05, 0.1) is 11.4 Å². The summed E-state index contributed by atoms with van der Waals surface area (Å²) in [5, 5.41) is 2.99. The molecule has 1 aliphatic heterocycles. The molecule has 0 aliphatic carbocycles. The van der Waals surface area contributed by atoms with Gasteiger partial charge in [-0.25, -0.2) is 0 Å². The molecule has 6 heteroatoms. The van der Waals surface area contributed by atoms with Gasteiger partial charge >= 0.3 is 0 Å². The fourth-order valence-electron chi connectivity index (χ4n) is 4.36. The number of carbonyl (C=O) groups excluding carboxylic acids is 2. The van der Waals surface area contributed by atoms with Gasteiger partial charge < -0.3 is 15.1 Å². The van der Waals surface area contributed by atoms with Crippen LogP contribution in [0, 0.1) is 0 Å². The zero-order valence-corrected chi connectivity index (χ0v) is 20.6. The van der Waals surface area contributed by atoms with Crippen LogP contribution >= 0.6 is 0 Å². The van der Waals surface area contributed by atoms with Crippen LogP contribution in [0.1, 0.15) is 36.8 Å². The average Bonchev–Trinajstić information content (AvgIpc) is 3.21. The maximum absolute atomic E-state index is 13.0. The molecule has 1 atom stereocenters. The third-order valence-electron chi connectivity index (χ3n) is 6.14. The Hall–Kier alpha value is -3.77. The molecular formula is C29H32N4O2. The number of aliphatic imine (C=N–C) groups is 1.